The first-order valence-electron chi connectivity index (χ1n) is 5.89. The number of epoxide rings is 1. The van der Waals surface area contributed by atoms with Crippen LogP contribution in [0.15, 0.2) is 0 Å². The van der Waals surface area contributed by atoms with Crippen molar-refractivity contribution in [2.75, 3.05) is 20.2 Å². The summed E-state index contributed by atoms with van der Waals surface area (Å²) in [6, 6.07) is 0.812. The monoisotopic (exact) mass is 197 g/mol. The van der Waals surface area contributed by atoms with Gasteiger partial charge in [-0.05, 0) is 38.1 Å². The predicted molar refractivity (Wildman–Crippen MR) is 58.4 cm³/mol. The Balaban J connectivity index is 1.75. The Morgan fingerprint density at radius 2 is 1.86 bits per heavy atom. The highest BCUT2D eigenvalue weighted by Gasteiger charge is 2.31. The predicted octanol–water partition coefficient (Wildman–Crippen LogP) is 2.29. The topological polar surface area (TPSA) is 15.8 Å². The molecular formula is C12H23NO. The molecule has 14 heavy (non-hydrogen) atoms. The van der Waals surface area contributed by atoms with Gasteiger partial charge in [-0.1, -0.05) is 13.8 Å². The van der Waals surface area contributed by atoms with E-state index in [1.165, 1.54) is 25.7 Å². The van der Waals surface area contributed by atoms with Crippen LogP contribution in [0.4, 0.5) is 0 Å². The highest BCUT2D eigenvalue weighted by molar-refractivity contribution is 4.85. The molecule has 82 valence electrons. The molecule has 1 aliphatic carbocycles. The van der Waals surface area contributed by atoms with Crippen LogP contribution in [0.1, 0.15) is 39.5 Å². The second-order valence-electron chi connectivity index (χ2n) is 5.79. The minimum absolute atomic E-state index is 0.551. The summed E-state index contributed by atoms with van der Waals surface area (Å²) in [5.74, 6) is 0. The smallest absolute Gasteiger partial charge is 0.0936 e. The molecule has 0 bridgehead atoms. The molecule has 0 aromatic carbocycles. The lowest BCUT2D eigenvalue weighted by Gasteiger charge is -2.38. The first kappa shape index (κ1) is 10.4. The third-order valence-electron chi connectivity index (χ3n) is 3.83. The van der Waals surface area contributed by atoms with Gasteiger partial charge in [-0.25, -0.2) is 0 Å². The van der Waals surface area contributed by atoms with Gasteiger partial charge >= 0.3 is 0 Å². The summed E-state index contributed by atoms with van der Waals surface area (Å²) in [7, 11) is 2.25. The van der Waals surface area contributed by atoms with Gasteiger partial charge < -0.3 is 9.64 Å². The van der Waals surface area contributed by atoms with Crippen LogP contribution in [0.5, 0.6) is 0 Å². The molecule has 0 spiro atoms. The average Bonchev–Trinajstić information content (AvgIpc) is 2.88. The largest absolute Gasteiger partial charge is 0.372 e. The lowest BCUT2D eigenvalue weighted by Crippen LogP contribution is -2.39. The number of likely N-dealkylation sites (N-methyl/N-ethyl adjacent to an activating group) is 1. The molecule has 0 unspecified atom stereocenters. The van der Waals surface area contributed by atoms with Gasteiger partial charge in [0.05, 0.1) is 12.7 Å². The molecule has 2 rings (SSSR count). The summed E-state index contributed by atoms with van der Waals surface area (Å²) in [6.45, 7) is 6.92. The maximum atomic E-state index is 5.27. The minimum atomic E-state index is 0.551. The summed E-state index contributed by atoms with van der Waals surface area (Å²) in [6.07, 6.45) is 6.06. The molecule has 1 saturated carbocycles. The van der Waals surface area contributed by atoms with Crippen LogP contribution in [0, 0.1) is 5.41 Å². The normalized spacial score (nSPS) is 32.1. The second-order valence-corrected chi connectivity index (χ2v) is 5.79. The zero-order valence-electron chi connectivity index (χ0n) is 9.75. The summed E-state index contributed by atoms with van der Waals surface area (Å²) in [5.41, 5.74) is 0.591. The van der Waals surface area contributed by atoms with E-state index in [0.717, 1.165) is 19.2 Å². The molecule has 2 nitrogen and oxygen atoms in total. The fourth-order valence-corrected chi connectivity index (χ4v) is 2.47. The molecule has 0 radical (unpaired) electrons. The van der Waals surface area contributed by atoms with Gasteiger partial charge in [-0.2, -0.15) is 0 Å². The van der Waals surface area contributed by atoms with Gasteiger partial charge in [0.2, 0.25) is 0 Å². The van der Waals surface area contributed by atoms with Crippen molar-refractivity contribution in [1.29, 1.82) is 0 Å². The Morgan fingerprint density at radius 1 is 1.29 bits per heavy atom. The van der Waals surface area contributed by atoms with Crippen molar-refractivity contribution in [3.8, 4) is 0 Å². The van der Waals surface area contributed by atoms with Crippen molar-refractivity contribution < 1.29 is 4.74 Å². The second kappa shape index (κ2) is 3.82. The van der Waals surface area contributed by atoms with Crippen LogP contribution >= 0.6 is 0 Å². The van der Waals surface area contributed by atoms with Gasteiger partial charge in [-0.15, -0.1) is 0 Å². The molecule has 1 aliphatic heterocycles. The molecular weight excluding hydrogens is 174 g/mol. The highest BCUT2D eigenvalue weighted by atomic mass is 16.6. The molecule has 2 aliphatic rings. The number of hydrogen-bond donors (Lipinski definition) is 0. The van der Waals surface area contributed by atoms with Gasteiger partial charge in [0, 0.05) is 12.6 Å². The summed E-state index contributed by atoms with van der Waals surface area (Å²) in [4.78, 5) is 2.51. The molecule has 1 atom stereocenters. The van der Waals surface area contributed by atoms with E-state index in [1.807, 2.05) is 0 Å². The van der Waals surface area contributed by atoms with Crippen molar-refractivity contribution >= 4 is 0 Å². The molecule has 0 N–H and O–H groups in total. The first-order chi connectivity index (χ1) is 6.57. The SMILES string of the molecule is CN(C[C@H]1CO1)C1CCC(C)(C)CC1. The first-order valence-corrected chi connectivity index (χ1v) is 5.89. The zero-order chi connectivity index (χ0) is 10.2. The number of rotatable bonds is 3. The molecule has 0 amide bonds. The van der Waals surface area contributed by atoms with Gasteiger partial charge in [0.25, 0.3) is 0 Å². The Hall–Kier alpha value is -0.0800. The Morgan fingerprint density at radius 3 is 2.36 bits per heavy atom. The van der Waals surface area contributed by atoms with E-state index < -0.39 is 0 Å². The molecule has 1 heterocycles. The van der Waals surface area contributed by atoms with Crippen LogP contribution in [-0.4, -0.2) is 37.2 Å². The van der Waals surface area contributed by atoms with Crippen molar-refractivity contribution in [2.45, 2.75) is 51.7 Å². The number of hydrogen-bond acceptors (Lipinski definition) is 2. The summed E-state index contributed by atoms with van der Waals surface area (Å²) in [5, 5.41) is 0. The fourth-order valence-electron chi connectivity index (χ4n) is 2.47. The lowest BCUT2D eigenvalue weighted by molar-refractivity contribution is 0.121. The van der Waals surface area contributed by atoms with Crippen LogP contribution in [0.25, 0.3) is 0 Å². The van der Waals surface area contributed by atoms with Crippen LogP contribution < -0.4 is 0 Å². The lowest BCUT2D eigenvalue weighted by atomic mass is 9.75. The maximum Gasteiger partial charge on any atom is 0.0936 e. The van der Waals surface area contributed by atoms with E-state index in [-0.39, 0.29) is 0 Å². The van der Waals surface area contributed by atoms with Crippen LogP contribution in [0.2, 0.25) is 0 Å². The van der Waals surface area contributed by atoms with Crippen molar-refractivity contribution in [3.63, 3.8) is 0 Å². The molecule has 0 aromatic rings. The van der Waals surface area contributed by atoms with E-state index in [4.69, 9.17) is 4.74 Å². The molecule has 2 fully saturated rings. The van der Waals surface area contributed by atoms with E-state index in [9.17, 15) is 0 Å². The van der Waals surface area contributed by atoms with E-state index in [1.54, 1.807) is 0 Å². The van der Waals surface area contributed by atoms with Gasteiger partial charge in [-0.3, -0.25) is 0 Å². The van der Waals surface area contributed by atoms with Crippen molar-refractivity contribution in [1.82, 2.24) is 4.90 Å². The van der Waals surface area contributed by atoms with Crippen molar-refractivity contribution in [3.05, 3.63) is 0 Å². The van der Waals surface area contributed by atoms with E-state index >= 15 is 0 Å². The molecule has 1 saturated heterocycles. The number of nitrogens with zero attached hydrogens (tertiary/aromatic N) is 1. The summed E-state index contributed by atoms with van der Waals surface area (Å²) >= 11 is 0. The fraction of sp³-hybridized carbons (Fsp3) is 1.00. The summed E-state index contributed by atoms with van der Waals surface area (Å²) < 4.78 is 5.27. The highest BCUT2D eigenvalue weighted by Crippen LogP contribution is 2.36. The van der Waals surface area contributed by atoms with Crippen LogP contribution in [-0.2, 0) is 4.74 Å². The minimum Gasteiger partial charge on any atom is -0.372 e. The van der Waals surface area contributed by atoms with Gasteiger partial charge in [0.1, 0.15) is 0 Å². The molecule has 0 aromatic heterocycles. The Labute approximate surface area is 87.6 Å². The third kappa shape index (κ3) is 2.71. The third-order valence-corrected chi connectivity index (χ3v) is 3.83. The number of ether oxygens (including phenoxy) is 1. The quantitative estimate of drug-likeness (QED) is 0.645. The van der Waals surface area contributed by atoms with Gasteiger partial charge in [0.15, 0.2) is 0 Å². The standard InChI is InChI=1S/C12H23NO/c1-12(2)6-4-10(5-7-12)13(3)8-11-9-14-11/h10-11H,4-9H2,1-3H3/t11-/m0/s1. The zero-order valence-corrected chi connectivity index (χ0v) is 9.75. The van der Waals surface area contributed by atoms with Crippen molar-refractivity contribution in [2.24, 2.45) is 5.41 Å². The Bertz CT molecular complexity index is 188. The van der Waals surface area contributed by atoms with Crippen LogP contribution in [0.3, 0.4) is 0 Å². The van der Waals surface area contributed by atoms with E-state index in [2.05, 4.69) is 25.8 Å². The molecule has 2 heteroatoms. The Kier molecular flexibility index (Phi) is 2.85. The maximum absolute atomic E-state index is 5.27. The average molecular weight is 197 g/mol. The van der Waals surface area contributed by atoms with E-state index in [0.29, 0.717) is 11.5 Å².